The first kappa shape index (κ1) is 25.1. The van der Waals surface area contributed by atoms with Crippen molar-refractivity contribution in [3.63, 3.8) is 0 Å². The summed E-state index contributed by atoms with van der Waals surface area (Å²) in [5.41, 5.74) is 1.69. The first-order chi connectivity index (χ1) is 17.2. The average molecular weight is 498 g/mol. The minimum Gasteiger partial charge on any atom is -0.481 e. The SMILES string of the molecule is CN1CC(=O)N2[C@@H](CC(=O)O)C(=O)N(CCc3ccc(F)cc3)C[C@@H]2N1C(=O)NCc1ccccc1. The number of urea groups is 1. The molecule has 0 unspecified atom stereocenters. The number of halogens is 1. The van der Waals surface area contributed by atoms with Gasteiger partial charge in [-0.2, -0.15) is 0 Å². The van der Waals surface area contributed by atoms with Gasteiger partial charge in [-0.05, 0) is 29.7 Å². The Kier molecular flexibility index (Phi) is 7.49. The van der Waals surface area contributed by atoms with Crippen LogP contribution in [0.5, 0.6) is 0 Å². The second-order valence-corrected chi connectivity index (χ2v) is 8.86. The fourth-order valence-corrected chi connectivity index (χ4v) is 4.64. The highest BCUT2D eigenvalue weighted by molar-refractivity contribution is 5.93. The average Bonchev–Trinajstić information content (AvgIpc) is 2.84. The van der Waals surface area contributed by atoms with Crippen molar-refractivity contribution in [1.82, 2.24) is 25.1 Å². The van der Waals surface area contributed by atoms with Gasteiger partial charge in [0.05, 0.1) is 19.5 Å². The topological polar surface area (TPSA) is 114 Å². The van der Waals surface area contributed by atoms with Crippen molar-refractivity contribution < 1.29 is 28.7 Å². The maximum Gasteiger partial charge on any atom is 0.334 e. The number of likely N-dealkylation sites (N-methyl/N-ethyl adjacent to an activating group) is 1. The molecule has 0 aliphatic carbocycles. The number of carbonyl (C=O) groups is 4. The predicted molar refractivity (Wildman–Crippen MR) is 127 cm³/mol. The summed E-state index contributed by atoms with van der Waals surface area (Å²) in [6.07, 6.45) is -1.04. The van der Waals surface area contributed by atoms with E-state index in [-0.39, 0.29) is 32.0 Å². The molecule has 4 rings (SSSR count). The van der Waals surface area contributed by atoms with Crippen LogP contribution in [0.2, 0.25) is 0 Å². The maximum atomic E-state index is 13.3. The Hall–Kier alpha value is -3.99. The number of amides is 4. The standard InChI is InChI=1S/C25H28FN5O5/c1-28-16-22(32)30-20(13-23(33)34)24(35)29(12-11-17-7-9-19(26)10-8-17)15-21(30)31(28)25(36)27-14-18-5-3-2-4-6-18/h2-10,20-21H,11-16H2,1H3,(H,27,36)(H,33,34)/t20-,21-/m0/s1. The number of carbonyl (C=O) groups excluding carboxylic acids is 3. The summed E-state index contributed by atoms with van der Waals surface area (Å²) in [5, 5.41) is 15.2. The second kappa shape index (κ2) is 10.7. The van der Waals surface area contributed by atoms with E-state index in [0.29, 0.717) is 6.42 Å². The summed E-state index contributed by atoms with van der Waals surface area (Å²) in [4.78, 5) is 53.8. The minimum absolute atomic E-state index is 0.0188. The van der Waals surface area contributed by atoms with Crippen LogP contribution in [0.4, 0.5) is 9.18 Å². The monoisotopic (exact) mass is 497 g/mol. The number of carboxylic acid groups (broad SMARTS) is 1. The van der Waals surface area contributed by atoms with E-state index >= 15 is 0 Å². The molecule has 0 saturated carbocycles. The van der Waals surface area contributed by atoms with Crippen molar-refractivity contribution in [2.75, 3.05) is 26.7 Å². The molecule has 10 nitrogen and oxygen atoms in total. The lowest BCUT2D eigenvalue weighted by Gasteiger charge is -2.54. The number of hydrazine groups is 1. The zero-order chi connectivity index (χ0) is 25.8. The van der Waals surface area contributed by atoms with Gasteiger partial charge in [0.15, 0.2) is 0 Å². The molecule has 0 spiro atoms. The Balaban J connectivity index is 1.57. The molecule has 2 saturated heterocycles. The highest BCUT2D eigenvalue weighted by atomic mass is 19.1. The van der Waals surface area contributed by atoms with E-state index in [2.05, 4.69) is 5.32 Å². The van der Waals surface area contributed by atoms with Crippen LogP contribution in [0, 0.1) is 5.82 Å². The molecule has 0 radical (unpaired) electrons. The third kappa shape index (κ3) is 5.46. The number of hydrogen-bond acceptors (Lipinski definition) is 5. The molecule has 0 aromatic heterocycles. The number of hydrogen-bond donors (Lipinski definition) is 2. The molecule has 2 N–H and O–H groups in total. The van der Waals surface area contributed by atoms with Gasteiger partial charge in [0.1, 0.15) is 18.0 Å². The van der Waals surface area contributed by atoms with Crippen LogP contribution in [0.1, 0.15) is 17.5 Å². The Morgan fingerprint density at radius 1 is 1.06 bits per heavy atom. The van der Waals surface area contributed by atoms with Gasteiger partial charge in [-0.15, -0.1) is 0 Å². The maximum absolute atomic E-state index is 13.3. The molecule has 11 heteroatoms. The van der Waals surface area contributed by atoms with Crippen LogP contribution in [0.3, 0.4) is 0 Å². The smallest absolute Gasteiger partial charge is 0.334 e. The van der Waals surface area contributed by atoms with Crippen LogP contribution < -0.4 is 5.32 Å². The first-order valence-electron chi connectivity index (χ1n) is 11.6. The number of aliphatic carboxylic acids is 1. The molecule has 2 aliphatic rings. The first-order valence-corrected chi connectivity index (χ1v) is 11.6. The van der Waals surface area contributed by atoms with Gasteiger partial charge in [0, 0.05) is 20.1 Å². The van der Waals surface area contributed by atoms with E-state index in [1.54, 1.807) is 19.2 Å². The molecule has 2 atom stereocenters. The van der Waals surface area contributed by atoms with Crippen molar-refractivity contribution >= 4 is 23.8 Å². The fraction of sp³-hybridized carbons (Fsp3) is 0.360. The van der Waals surface area contributed by atoms with E-state index < -0.39 is 42.4 Å². The van der Waals surface area contributed by atoms with Crippen LogP contribution in [-0.4, -0.2) is 87.6 Å². The van der Waals surface area contributed by atoms with E-state index in [1.807, 2.05) is 30.3 Å². The van der Waals surface area contributed by atoms with E-state index in [0.717, 1.165) is 11.1 Å². The Morgan fingerprint density at radius 3 is 2.42 bits per heavy atom. The van der Waals surface area contributed by atoms with Crippen LogP contribution in [0.15, 0.2) is 54.6 Å². The van der Waals surface area contributed by atoms with Crippen molar-refractivity contribution in [3.05, 3.63) is 71.5 Å². The van der Waals surface area contributed by atoms with Gasteiger partial charge in [-0.1, -0.05) is 42.5 Å². The predicted octanol–water partition coefficient (Wildman–Crippen LogP) is 1.28. The van der Waals surface area contributed by atoms with Gasteiger partial charge in [0.25, 0.3) is 0 Å². The van der Waals surface area contributed by atoms with Crippen molar-refractivity contribution in [2.24, 2.45) is 0 Å². The minimum atomic E-state index is -1.24. The number of fused-ring (bicyclic) bond motifs is 1. The van der Waals surface area contributed by atoms with Gasteiger partial charge in [-0.3, -0.25) is 14.4 Å². The van der Waals surface area contributed by atoms with Gasteiger partial charge in [-0.25, -0.2) is 19.2 Å². The van der Waals surface area contributed by atoms with E-state index in [9.17, 15) is 28.7 Å². The molecule has 2 aliphatic heterocycles. The molecule has 2 aromatic rings. The number of nitrogens with zero attached hydrogens (tertiary/aromatic N) is 4. The summed E-state index contributed by atoms with van der Waals surface area (Å²) in [7, 11) is 1.60. The molecule has 190 valence electrons. The van der Waals surface area contributed by atoms with Gasteiger partial charge >= 0.3 is 12.0 Å². The third-order valence-corrected chi connectivity index (χ3v) is 6.39. The quantitative estimate of drug-likeness (QED) is 0.596. The second-order valence-electron chi connectivity index (χ2n) is 8.86. The summed E-state index contributed by atoms with van der Waals surface area (Å²) in [6.45, 7) is 0.331. The van der Waals surface area contributed by atoms with Crippen LogP contribution in [-0.2, 0) is 27.3 Å². The Bertz CT molecular complexity index is 1130. The summed E-state index contributed by atoms with van der Waals surface area (Å²) in [6, 6.07) is 13.5. The van der Waals surface area contributed by atoms with Crippen LogP contribution in [0.25, 0.3) is 0 Å². The number of piperazine rings is 1. The number of carboxylic acids is 1. The highest BCUT2D eigenvalue weighted by Gasteiger charge is 2.51. The third-order valence-electron chi connectivity index (χ3n) is 6.39. The summed E-state index contributed by atoms with van der Waals surface area (Å²) < 4.78 is 13.3. The van der Waals surface area contributed by atoms with E-state index in [1.165, 1.54) is 32.0 Å². The summed E-state index contributed by atoms with van der Waals surface area (Å²) >= 11 is 0. The normalized spacial score (nSPS) is 20.3. The number of rotatable bonds is 7. The number of nitrogens with one attached hydrogen (secondary N) is 1. The van der Waals surface area contributed by atoms with Crippen molar-refractivity contribution in [1.29, 1.82) is 0 Å². The molecule has 2 aromatic carbocycles. The molecule has 4 amide bonds. The van der Waals surface area contributed by atoms with Gasteiger partial charge < -0.3 is 20.2 Å². The largest absolute Gasteiger partial charge is 0.481 e. The van der Waals surface area contributed by atoms with Crippen LogP contribution >= 0.6 is 0 Å². The zero-order valence-electron chi connectivity index (χ0n) is 19.8. The molecule has 2 fully saturated rings. The molecule has 36 heavy (non-hydrogen) atoms. The lowest BCUT2D eigenvalue weighted by Crippen LogP contribution is -2.76. The van der Waals surface area contributed by atoms with Crippen molar-refractivity contribution in [3.8, 4) is 0 Å². The van der Waals surface area contributed by atoms with Crippen molar-refractivity contribution in [2.45, 2.75) is 31.6 Å². The zero-order valence-corrected chi connectivity index (χ0v) is 19.8. The Labute approximate surface area is 207 Å². The highest BCUT2D eigenvalue weighted by Crippen LogP contribution is 2.27. The van der Waals surface area contributed by atoms with Gasteiger partial charge in [0.2, 0.25) is 11.8 Å². The number of benzene rings is 2. The fourth-order valence-electron chi connectivity index (χ4n) is 4.64. The molecule has 0 bridgehead atoms. The summed E-state index contributed by atoms with van der Waals surface area (Å²) in [5.74, 6) is -2.50. The molecule has 2 heterocycles. The van der Waals surface area contributed by atoms with E-state index in [4.69, 9.17) is 0 Å². The lowest BCUT2D eigenvalue weighted by molar-refractivity contribution is -0.188. The molecular formula is C25H28FN5O5. The lowest BCUT2D eigenvalue weighted by atomic mass is 10.0. The Morgan fingerprint density at radius 2 is 1.75 bits per heavy atom. The molecular weight excluding hydrogens is 469 g/mol.